The highest BCUT2D eigenvalue weighted by Gasteiger charge is 2.16. The number of nitrogens with zero attached hydrogens (tertiary/aromatic N) is 2. The Kier molecular flexibility index (Phi) is 6.36. The van der Waals surface area contributed by atoms with Crippen molar-refractivity contribution in [3.05, 3.63) is 59.4 Å². The number of carbonyl (C=O) groups excluding carboxylic acids is 1. The minimum atomic E-state index is -0.440. The largest absolute Gasteiger partial charge is 0.495 e. The van der Waals surface area contributed by atoms with E-state index in [9.17, 15) is 4.79 Å². The standard InChI is InChI=1S/C20H20ClN5O3/c1-3-29-20(27)13-6-4-5-7-14(13)25-18-17(22)19(24-11-23-18)26-15-10-12(21)8-9-16(15)28-2/h4-11H,3,22H2,1-2H3,(H2,23,24,25,26). The fraction of sp³-hybridized carbons (Fsp3) is 0.150. The third-order valence-corrected chi connectivity index (χ3v) is 4.21. The molecular formula is C20H20ClN5O3. The number of nitrogens with two attached hydrogens (primary N) is 1. The van der Waals surface area contributed by atoms with Crippen LogP contribution >= 0.6 is 11.6 Å². The first-order valence-electron chi connectivity index (χ1n) is 8.77. The number of aromatic nitrogens is 2. The summed E-state index contributed by atoms with van der Waals surface area (Å²) in [6.07, 6.45) is 1.35. The number of nitrogen functional groups attached to an aromatic ring is 1. The SMILES string of the molecule is CCOC(=O)c1ccccc1Nc1ncnc(Nc2cc(Cl)ccc2OC)c1N. The topological polar surface area (TPSA) is 111 Å². The van der Waals surface area contributed by atoms with Crippen molar-refractivity contribution in [3.63, 3.8) is 0 Å². The van der Waals surface area contributed by atoms with Crippen molar-refractivity contribution in [2.75, 3.05) is 30.1 Å². The van der Waals surface area contributed by atoms with Crippen LogP contribution in [0, 0.1) is 0 Å². The maximum Gasteiger partial charge on any atom is 0.340 e. The van der Waals surface area contributed by atoms with Crippen molar-refractivity contribution in [1.29, 1.82) is 0 Å². The average molecular weight is 414 g/mol. The molecule has 0 amide bonds. The summed E-state index contributed by atoms with van der Waals surface area (Å²) >= 11 is 6.08. The summed E-state index contributed by atoms with van der Waals surface area (Å²) in [5.74, 6) is 0.830. The van der Waals surface area contributed by atoms with E-state index in [1.165, 1.54) is 6.33 Å². The molecule has 4 N–H and O–H groups in total. The molecule has 0 unspecified atom stereocenters. The number of methoxy groups -OCH3 is 1. The van der Waals surface area contributed by atoms with Gasteiger partial charge in [-0.05, 0) is 37.3 Å². The molecule has 0 aliphatic carbocycles. The van der Waals surface area contributed by atoms with Crippen LogP contribution in [-0.2, 0) is 4.74 Å². The minimum absolute atomic E-state index is 0.258. The Balaban J connectivity index is 1.91. The quantitative estimate of drug-likeness (QED) is 0.489. The van der Waals surface area contributed by atoms with E-state index in [0.717, 1.165) is 0 Å². The lowest BCUT2D eigenvalue weighted by atomic mass is 10.2. The number of anilines is 5. The zero-order valence-electron chi connectivity index (χ0n) is 15.9. The van der Waals surface area contributed by atoms with Crippen molar-refractivity contribution >= 4 is 46.3 Å². The molecule has 0 aliphatic heterocycles. The molecule has 3 rings (SSSR count). The summed E-state index contributed by atoms with van der Waals surface area (Å²) in [7, 11) is 1.55. The number of esters is 1. The second-order valence-corrected chi connectivity index (χ2v) is 6.28. The monoisotopic (exact) mass is 413 g/mol. The lowest BCUT2D eigenvalue weighted by Gasteiger charge is -2.15. The fourth-order valence-electron chi connectivity index (χ4n) is 2.61. The van der Waals surface area contributed by atoms with Crippen LogP contribution in [0.4, 0.5) is 28.7 Å². The highest BCUT2D eigenvalue weighted by Crippen LogP contribution is 2.34. The van der Waals surface area contributed by atoms with Crippen molar-refractivity contribution in [1.82, 2.24) is 9.97 Å². The van der Waals surface area contributed by atoms with Gasteiger partial charge in [0, 0.05) is 5.02 Å². The van der Waals surface area contributed by atoms with Crippen LogP contribution in [0.1, 0.15) is 17.3 Å². The number of nitrogens with one attached hydrogen (secondary N) is 2. The van der Waals surface area contributed by atoms with Crippen molar-refractivity contribution in [2.24, 2.45) is 0 Å². The zero-order chi connectivity index (χ0) is 20.8. The molecule has 0 saturated heterocycles. The van der Waals surface area contributed by atoms with Gasteiger partial charge >= 0.3 is 5.97 Å². The van der Waals surface area contributed by atoms with Crippen molar-refractivity contribution in [3.8, 4) is 5.75 Å². The van der Waals surface area contributed by atoms with Crippen LogP contribution in [0.2, 0.25) is 5.02 Å². The van der Waals surface area contributed by atoms with Gasteiger partial charge in [0.05, 0.1) is 30.7 Å². The Morgan fingerprint density at radius 3 is 2.48 bits per heavy atom. The van der Waals surface area contributed by atoms with E-state index in [1.54, 1.807) is 56.5 Å². The first-order valence-corrected chi connectivity index (χ1v) is 9.15. The molecule has 9 heteroatoms. The van der Waals surface area contributed by atoms with Crippen LogP contribution < -0.4 is 21.1 Å². The maximum atomic E-state index is 12.2. The number of rotatable bonds is 7. The predicted octanol–water partition coefficient (Wildman–Crippen LogP) is 4.38. The van der Waals surface area contributed by atoms with Crippen LogP contribution in [0.5, 0.6) is 5.75 Å². The van der Waals surface area contributed by atoms with Gasteiger partial charge in [-0.1, -0.05) is 23.7 Å². The number of hydrogen-bond acceptors (Lipinski definition) is 8. The smallest absolute Gasteiger partial charge is 0.340 e. The molecule has 0 atom stereocenters. The van der Waals surface area contributed by atoms with E-state index in [1.807, 2.05) is 0 Å². The zero-order valence-corrected chi connectivity index (χ0v) is 16.7. The molecule has 0 radical (unpaired) electrons. The normalized spacial score (nSPS) is 10.3. The second kappa shape index (κ2) is 9.11. The molecule has 150 valence electrons. The summed E-state index contributed by atoms with van der Waals surface area (Å²) in [5, 5.41) is 6.70. The summed E-state index contributed by atoms with van der Waals surface area (Å²) in [6, 6.07) is 12.1. The van der Waals surface area contributed by atoms with Gasteiger partial charge < -0.3 is 25.8 Å². The van der Waals surface area contributed by atoms with Gasteiger partial charge in [-0.2, -0.15) is 0 Å². The van der Waals surface area contributed by atoms with E-state index in [4.69, 9.17) is 26.8 Å². The fourth-order valence-corrected chi connectivity index (χ4v) is 2.78. The molecular weight excluding hydrogens is 394 g/mol. The van der Waals surface area contributed by atoms with Crippen molar-refractivity contribution in [2.45, 2.75) is 6.92 Å². The molecule has 1 heterocycles. The Labute approximate surface area is 173 Å². The summed E-state index contributed by atoms with van der Waals surface area (Å²) in [4.78, 5) is 20.6. The summed E-state index contributed by atoms with van der Waals surface area (Å²) in [5.41, 5.74) is 8.00. The van der Waals surface area contributed by atoms with Crippen LogP contribution in [0.15, 0.2) is 48.8 Å². The second-order valence-electron chi connectivity index (χ2n) is 5.85. The highest BCUT2D eigenvalue weighted by molar-refractivity contribution is 6.31. The number of halogens is 1. The number of ether oxygens (including phenoxy) is 2. The first kappa shape index (κ1) is 20.2. The van der Waals surface area contributed by atoms with Crippen LogP contribution in [0.25, 0.3) is 0 Å². The van der Waals surface area contributed by atoms with Crippen molar-refractivity contribution < 1.29 is 14.3 Å². The number of hydrogen-bond donors (Lipinski definition) is 3. The van der Waals surface area contributed by atoms with E-state index in [2.05, 4.69) is 20.6 Å². The molecule has 8 nitrogen and oxygen atoms in total. The van der Waals surface area contributed by atoms with E-state index >= 15 is 0 Å². The highest BCUT2D eigenvalue weighted by atomic mass is 35.5. The number of benzene rings is 2. The van der Waals surface area contributed by atoms with Gasteiger partial charge in [0.2, 0.25) is 0 Å². The molecule has 29 heavy (non-hydrogen) atoms. The minimum Gasteiger partial charge on any atom is -0.495 e. The molecule has 0 bridgehead atoms. The summed E-state index contributed by atoms with van der Waals surface area (Å²) in [6.45, 7) is 2.02. The third-order valence-electron chi connectivity index (χ3n) is 3.97. The Hall–Kier alpha value is -3.52. The number of carbonyl (C=O) groups is 1. The van der Waals surface area contributed by atoms with Gasteiger partial charge in [0.1, 0.15) is 17.8 Å². The maximum absolute atomic E-state index is 12.2. The molecule has 0 aliphatic rings. The van der Waals surface area contributed by atoms with E-state index in [-0.39, 0.29) is 12.3 Å². The number of para-hydroxylation sites is 1. The Bertz CT molecular complexity index is 1030. The van der Waals surface area contributed by atoms with Crippen LogP contribution in [0.3, 0.4) is 0 Å². The molecule has 0 spiro atoms. The van der Waals surface area contributed by atoms with Crippen LogP contribution in [-0.4, -0.2) is 29.7 Å². The lowest BCUT2D eigenvalue weighted by Crippen LogP contribution is -2.10. The summed E-state index contributed by atoms with van der Waals surface area (Å²) < 4.78 is 10.4. The van der Waals surface area contributed by atoms with E-state index in [0.29, 0.717) is 39.3 Å². The third kappa shape index (κ3) is 4.67. The Morgan fingerprint density at radius 2 is 1.79 bits per heavy atom. The van der Waals surface area contributed by atoms with Gasteiger partial charge in [-0.15, -0.1) is 0 Å². The lowest BCUT2D eigenvalue weighted by molar-refractivity contribution is 0.0527. The first-order chi connectivity index (χ1) is 14.0. The Morgan fingerprint density at radius 1 is 1.10 bits per heavy atom. The molecule has 3 aromatic rings. The van der Waals surface area contributed by atoms with Gasteiger partial charge in [-0.25, -0.2) is 14.8 Å². The van der Waals surface area contributed by atoms with Gasteiger partial charge in [-0.3, -0.25) is 0 Å². The molecule has 0 saturated carbocycles. The van der Waals surface area contributed by atoms with Gasteiger partial charge in [0.25, 0.3) is 0 Å². The molecule has 2 aromatic carbocycles. The predicted molar refractivity (Wildman–Crippen MR) is 113 cm³/mol. The molecule has 0 fully saturated rings. The van der Waals surface area contributed by atoms with E-state index < -0.39 is 5.97 Å². The molecule has 1 aromatic heterocycles. The average Bonchev–Trinajstić information content (AvgIpc) is 2.72. The van der Waals surface area contributed by atoms with Gasteiger partial charge in [0.15, 0.2) is 11.6 Å².